The Morgan fingerprint density at radius 3 is 1.40 bits per heavy atom. The normalized spacial score (nSPS) is 14.1. The summed E-state index contributed by atoms with van der Waals surface area (Å²) in [6.07, 6.45) is 20.8. The molecule has 0 saturated carbocycles. The van der Waals surface area contributed by atoms with Crippen LogP contribution in [0.5, 0.6) is 5.75 Å². The first-order chi connectivity index (χ1) is 16.9. The molecule has 1 aromatic carbocycles. The Hall–Kier alpha value is -1.51. The molecule has 0 radical (unpaired) electrons. The van der Waals surface area contributed by atoms with E-state index in [-0.39, 0.29) is 11.8 Å². The van der Waals surface area contributed by atoms with Gasteiger partial charge in [0, 0.05) is 0 Å². The van der Waals surface area contributed by atoms with E-state index in [4.69, 9.17) is 0 Å². The number of carboxylic acids is 1. The van der Waals surface area contributed by atoms with Crippen molar-refractivity contribution < 1.29 is 15.0 Å². The molecule has 2 N–H and O–H groups in total. The molecule has 1 aromatic rings. The number of aliphatic carboxylic acids is 1. The van der Waals surface area contributed by atoms with Crippen LogP contribution in [0.3, 0.4) is 0 Å². The fourth-order valence-electron chi connectivity index (χ4n) is 5.07. The minimum atomic E-state index is -0.740. The van der Waals surface area contributed by atoms with Gasteiger partial charge in [0.15, 0.2) is 0 Å². The van der Waals surface area contributed by atoms with Crippen molar-refractivity contribution in [3.8, 4) is 5.75 Å². The Kier molecular flexibility index (Phi) is 16.9. The van der Waals surface area contributed by atoms with Gasteiger partial charge in [0.25, 0.3) is 0 Å². The van der Waals surface area contributed by atoms with E-state index >= 15 is 0 Å². The first-order valence-corrected chi connectivity index (χ1v) is 15.0. The zero-order chi connectivity index (χ0) is 26.1. The fraction of sp³-hybridized carbons (Fsp3) is 0.781. The van der Waals surface area contributed by atoms with Gasteiger partial charge < -0.3 is 10.2 Å². The maximum Gasteiger partial charge on any atom is 0.310 e. The van der Waals surface area contributed by atoms with Gasteiger partial charge in [-0.25, -0.2) is 0 Å². The van der Waals surface area contributed by atoms with Crippen LogP contribution in [0.15, 0.2) is 12.1 Å². The summed E-state index contributed by atoms with van der Waals surface area (Å²) in [4.78, 5) is 12.2. The zero-order valence-electron chi connectivity index (χ0n) is 23.7. The van der Waals surface area contributed by atoms with Crippen LogP contribution in [0, 0.1) is 0 Å². The maximum absolute atomic E-state index is 12.2. The van der Waals surface area contributed by atoms with Gasteiger partial charge in [0.2, 0.25) is 0 Å². The van der Waals surface area contributed by atoms with Crippen LogP contribution in [0.2, 0.25) is 0 Å². The van der Waals surface area contributed by atoms with E-state index in [2.05, 4.69) is 34.6 Å². The third-order valence-electron chi connectivity index (χ3n) is 8.02. The van der Waals surface area contributed by atoms with Gasteiger partial charge >= 0.3 is 5.97 Å². The van der Waals surface area contributed by atoms with Gasteiger partial charge in [-0.3, -0.25) is 4.79 Å². The molecule has 0 saturated heterocycles. The SMILES string of the molecule is CCCCCCCCCCCCCCCCC(C(=O)O)c1cc(C(C)CC)c(O)c(C(C)CC)c1. The van der Waals surface area contributed by atoms with Crippen molar-refractivity contribution in [2.24, 2.45) is 0 Å². The van der Waals surface area contributed by atoms with Crippen molar-refractivity contribution in [3.63, 3.8) is 0 Å². The molecular formula is C32H56O3. The van der Waals surface area contributed by atoms with Crippen LogP contribution in [-0.2, 0) is 4.79 Å². The van der Waals surface area contributed by atoms with Crippen molar-refractivity contribution in [3.05, 3.63) is 28.8 Å². The summed E-state index contributed by atoms with van der Waals surface area (Å²) in [6, 6.07) is 3.94. The number of carboxylic acid groups (broad SMARTS) is 1. The Morgan fingerprint density at radius 2 is 1.06 bits per heavy atom. The van der Waals surface area contributed by atoms with E-state index < -0.39 is 11.9 Å². The number of phenols is 1. The second-order valence-electron chi connectivity index (χ2n) is 10.9. The first-order valence-electron chi connectivity index (χ1n) is 15.0. The van der Waals surface area contributed by atoms with E-state index in [1.165, 1.54) is 77.0 Å². The number of carbonyl (C=O) groups is 1. The molecule has 0 aromatic heterocycles. The zero-order valence-corrected chi connectivity index (χ0v) is 23.7. The number of aromatic hydroxyl groups is 1. The predicted octanol–water partition coefficient (Wildman–Crippen LogP) is 10.5. The number of benzene rings is 1. The molecule has 0 fully saturated rings. The smallest absolute Gasteiger partial charge is 0.310 e. The van der Waals surface area contributed by atoms with E-state index in [1.807, 2.05) is 12.1 Å². The summed E-state index contributed by atoms with van der Waals surface area (Å²) in [7, 11) is 0. The van der Waals surface area contributed by atoms with Gasteiger partial charge in [-0.1, -0.05) is 137 Å². The van der Waals surface area contributed by atoms with Crippen molar-refractivity contribution in [2.75, 3.05) is 0 Å². The largest absolute Gasteiger partial charge is 0.507 e. The molecule has 3 unspecified atom stereocenters. The molecular weight excluding hydrogens is 432 g/mol. The lowest BCUT2D eigenvalue weighted by Crippen LogP contribution is -2.13. The van der Waals surface area contributed by atoms with Crippen molar-refractivity contribution >= 4 is 5.97 Å². The molecule has 0 bridgehead atoms. The van der Waals surface area contributed by atoms with E-state index in [1.54, 1.807) is 0 Å². The van der Waals surface area contributed by atoms with E-state index in [0.717, 1.165) is 42.4 Å². The highest BCUT2D eigenvalue weighted by atomic mass is 16.4. The molecule has 202 valence electrons. The number of unbranched alkanes of at least 4 members (excludes halogenated alkanes) is 13. The summed E-state index contributed by atoms with van der Waals surface area (Å²) in [5.41, 5.74) is 2.69. The fourth-order valence-corrected chi connectivity index (χ4v) is 5.07. The summed E-state index contributed by atoms with van der Waals surface area (Å²) < 4.78 is 0. The maximum atomic E-state index is 12.2. The Bertz CT molecular complexity index is 665. The van der Waals surface area contributed by atoms with Crippen LogP contribution in [0.25, 0.3) is 0 Å². The van der Waals surface area contributed by atoms with Crippen molar-refractivity contribution in [1.82, 2.24) is 0 Å². The second-order valence-corrected chi connectivity index (χ2v) is 10.9. The van der Waals surface area contributed by atoms with Crippen LogP contribution in [0.1, 0.15) is 178 Å². The molecule has 0 heterocycles. The van der Waals surface area contributed by atoms with Crippen LogP contribution < -0.4 is 0 Å². The third kappa shape index (κ3) is 11.8. The average molecular weight is 489 g/mol. The topological polar surface area (TPSA) is 57.5 Å². The van der Waals surface area contributed by atoms with E-state index in [0.29, 0.717) is 12.2 Å². The minimum absolute atomic E-state index is 0.216. The standard InChI is InChI=1S/C32H56O3/c1-6-9-10-11-12-13-14-15-16-17-18-19-20-21-22-28(32(34)35)27-23-29(25(4)7-2)31(33)30(24-27)26(5)8-3/h23-26,28,33H,6-22H2,1-5H3,(H,34,35). The number of hydrogen-bond donors (Lipinski definition) is 2. The van der Waals surface area contributed by atoms with Crippen molar-refractivity contribution in [2.45, 2.75) is 162 Å². The first kappa shape index (κ1) is 31.5. The molecule has 3 atom stereocenters. The lowest BCUT2D eigenvalue weighted by Gasteiger charge is -2.22. The highest BCUT2D eigenvalue weighted by Gasteiger charge is 2.25. The molecule has 0 spiro atoms. The van der Waals surface area contributed by atoms with Gasteiger partial charge in [0.05, 0.1) is 5.92 Å². The monoisotopic (exact) mass is 488 g/mol. The van der Waals surface area contributed by atoms with E-state index in [9.17, 15) is 15.0 Å². The molecule has 35 heavy (non-hydrogen) atoms. The Morgan fingerprint density at radius 1 is 0.686 bits per heavy atom. The Labute approximate surface area is 217 Å². The number of phenolic OH excluding ortho intramolecular Hbond substituents is 1. The van der Waals surface area contributed by atoms with Crippen LogP contribution in [0.4, 0.5) is 0 Å². The minimum Gasteiger partial charge on any atom is -0.507 e. The van der Waals surface area contributed by atoms with Crippen LogP contribution in [-0.4, -0.2) is 16.2 Å². The lowest BCUT2D eigenvalue weighted by molar-refractivity contribution is -0.139. The third-order valence-corrected chi connectivity index (χ3v) is 8.02. The van der Waals surface area contributed by atoms with Gasteiger partial charge in [-0.2, -0.15) is 0 Å². The van der Waals surface area contributed by atoms with Crippen LogP contribution >= 0.6 is 0 Å². The molecule has 0 aliphatic carbocycles. The second kappa shape index (κ2) is 18.7. The Balaban J connectivity index is 2.47. The highest BCUT2D eigenvalue weighted by Crippen LogP contribution is 2.39. The molecule has 3 nitrogen and oxygen atoms in total. The van der Waals surface area contributed by atoms with Gasteiger partial charge in [0.1, 0.15) is 5.75 Å². The molecule has 0 amide bonds. The number of hydrogen-bond acceptors (Lipinski definition) is 2. The predicted molar refractivity (Wildman–Crippen MR) is 151 cm³/mol. The lowest BCUT2D eigenvalue weighted by atomic mass is 9.83. The molecule has 1 rings (SSSR count). The van der Waals surface area contributed by atoms with Crippen molar-refractivity contribution in [1.29, 1.82) is 0 Å². The van der Waals surface area contributed by atoms with Gasteiger partial charge in [-0.15, -0.1) is 0 Å². The number of rotatable bonds is 21. The summed E-state index contributed by atoms with van der Waals surface area (Å²) >= 11 is 0. The molecule has 0 aliphatic rings. The summed E-state index contributed by atoms with van der Waals surface area (Å²) in [5.74, 6) is -0.422. The summed E-state index contributed by atoms with van der Waals surface area (Å²) in [6.45, 7) is 10.7. The quantitative estimate of drug-likeness (QED) is 0.169. The highest BCUT2D eigenvalue weighted by molar-refractivity contribution is 5.76. The summed E-state index contributed by atoms with van der Waals surface area (Å²) in [5, 5.41) is 20.9. The van der Waals surface area contributed by atoms with Gasteiger partial charge in [-0.05, 0) is 47.8 Å². The molecule has 3 heteroatoms. The average Bonchev–Trinajstić information content (AvgIpc) is 2.85. The molecule has 0 aliphatic heterocycles.